The van der Waals surface area contributed by atoms with Crippen molar-refractivity contribution in [3.05, 3.63) is 66.8 Å². The van der Waals surface area contributed by atoms with Gasteiger partial charge in [-0.2, -0.15) is 0 Å². The van der Waals surface area contributed by atoms with Crippen LogP contribution in [0.25, 0.3) is 11.0 Å². The number of amides is 1. The molecule has 0 saturated heterocycles. The van der Waals surface area contributed by atoms with Gasteiger partial charge in [-0.1, -0.05) is 30.0 Å². The average Bonchev–Trinajstić information content (AvgIpc) is 2.96. The minimum atomic E-state index is -0.684. The van der Waals surface area contributed by atoms with E-state index in [-0.39, 0.29) is 5.69 Å². The molecule has 26 heavy (non-hydrogen) atoms. The summed E-state index contributed by atoms with van der Waals surface area (Å²) < 4.78 is 28.9. The zero-order valence-electron chi connectivity index (χ0n) is 14.1. The first-order valence-electron chi connectivity index (χ1n) is 7.98. The first-order valence-corrected chi connectivity index (χ1v) is 8.86. The summed E-state index contributed by atoms with van der Waals surface area (Å²) in [4.78, 5) is 16.9. The van der Waals surface area contributed by atoms with Crippen molar-refractivity contribution in [3.8, 4) is 0 Å². The number of halogens is 2. The van der Waals surface area contributed by atoms with Gasteiger partial charge >= 0.3 is 0 Å². The highest BCUT2D eigenvalue weighted by molar-refractivity contribution is 8.00. The Bertz CT molecular complexity index is 971. The molecule has 0 spiro atoms. The fraction of sp³-hybridized carbons (Fsp3) is 0.158. The number of nitrogens with zero attached hydrogens (tertiary/aromatic N) is 2. The van der Waals surface area contributed by atoms with Crippen molar-refractivity contribution >= 4 is 34.4 Å². The quantitative estimate of drug-likeness (QED) is 0.507. The number of fused-ring (bicyclic) bond motifs is 1. The molecule has 0 bridgehead atoms. The van der Waals surface area contributed by atoms with Gasteiger partial charge in [-0.3, -0.25) is 4.79 Å². The molecule has 3 aromatic rings. The molecule has 0 radical (unpaired) electrons. The van der Waals surface area contributed by atoms with E-state index in [4.69, 9.17) is 0 Å². The number of aromatic nitrogens is 2. The van der Waals surface area contributed by atoms with Crippen molar-refractivity contribution in [2.24, 2.45) is 0 Å². The van der Waals surface area contributed by atoms with E-state index in [0.29, 0.717) is 11.7 Å². The molecule has 0 aliphatic rings. The lowest BCUT2D eigenvalue weighted by molar-refractivity contribution is -0.115. The van der Waals surface area contributed by atoms with Crippen LogP contribution in [0.3, 0.4) is 0 Å². The van der Waals surface area contributed by atoms with E-state index >= 15 is 0 Å². The van der Waals surface area contributed by atoms with Gasteiger partial charge in [0.1, 0.15) is 11.6 Å². The second-order valence-corrected chi connectivity index (χ2v) is 6.96. The number of imidazole rings is 1. The number of anilines is 1. The second kappa shape index (κ2) is 7.70. The fourth-order valence-corrected chi connectivity index (χ4v) is 3.42. The van der Waals surface area contributed by atoms with E-state index in [1.54, 1.807) is 13.0 Å². The molecule has 0 aliphatic heterocycles. The summed E-state index contributed by atoms with van der Waals surface area (Å²) in [5.74, 6) is -1.73. The van der Waals surface area contributed by atoms with Crippen LogP contribution in [0.1, 0.15) is 6.92 Å². The second-order valence-electron chi connectivity index (χ2n) is 5.66. The third-order valence-corrected chi connectivity index (χ3v) is 4.86. The normalized spacial score (nSPS) is 12.1. The minimum absolute atomic E-state index is 0.179. The third-order valence-electron chi connectivity index (χ3n) is 3.77. The van der Waals surface area contributed by atoms with Crippen molar-refractivity contribution in [1.82, 2.24) is 9.55 Å². The number of hydrogen-bond donors (Lipinski definition) is 1. The van der Waals surface area contributed by atoms with E-state index in [9.17, 15) is 13.6 Å². The predicted octanol–water partition coefficient (Wildman–Crippen LogP) is 4.62. The third kappa shape index (κ3) is 3.77. The van der Waals surface area contributed by atoms with Crippen LogP contribution in [0.4, 0.5) is 14.5 Å². The van der Waals surface area contributed by atoms with Crippen molar-refractivity contribution in [1.29, 1.82) is 0 Å². The van der Waals surface area contributed by atoms with E-state index in [1.807, 2.05) is 28.8 Å². The number of benzene rings is 2. The highest BCUT2D eigenvalue weighted by Gasteiger charge is 2.20. The van der Waals surface area contributed by atoms with Crippen LogP contribution in [0.2, 0.25) is 0 Å². The van der Waals surface area contributed by atoms with E-state index in [2.05, 4.69) is 16.9 Å². The Balaban J connectivity index is 1.81. The number of carbonyl (C=O) groups excluding carboxylic acids is 1. The predicted molar refractivity (Wildman–Crippen MR) is 100 cm³/mol. The number of rotatable bonds is 6. The first-order chi connectivity index (χ1) is 12.5. The SMILES string of the molecule is C=CCn1c(SC(C)C(=O)Nc2cc(F)ccc2F)nc2ccccc21. The molecule has 134 valence electrons. The maximum atomic E-state index is 13.7. The van der Waals surface area contributed by atoms with Crippen LogP contribution in [-0.4, -0.2) is 20.7 Å². The van der Waals surface area contributed by atoms with E-state index in [0.717, 1.165) is 29.2 Å². The summed E-state index contributed by atoms with van der Waals surface area (Å²) >= 11 is 1.25. The Labute approximate surface area is 153 Å². The smallest absolute Gasteiger partial charge is 0.237 e. The standard InChI is InChI=1S/C19H17F2N3OS/c1-3-10-24-17-7-5-4-6-15(17)23-19(24)26-12(2)18(25)22-16-11-13(20)8-9-14(16)21/h3-9,11-12H,1,10H2,2H3,(H,22,25). The Kier molecular flexibility index (Phi) is 5.37. The Hall–Kier alpha value is -2.67. The van der Waals surface area contributed by atoms with Crippen LogP contribution in [0.5, 0.6) is 0 Å². The monoisotopic (exact) mass is 373 g/mol. The average molecular weight is 373 g/mol. The lowest BCUT2D eigenvalue weighted by atomic mass is 10.3. The number of nitrogens with one attached hydrogen (secondary N) is 1. The fourth-order valence-electron chi connectivity index (χ4n) is 2.49. The zero-order valence-corrected chi connectivity index (χ0v) is 14.9. The highest BCUT2D eigenvalue weighted by atomic mass is 32.2. The van der Waals surface area contributed by atoms with Crippen LogP contribution in [0.15, 0.2) is 60.3 Å². The van der Waals surface area contributed by atoms with Crippen LogP contribution in [-0.2, 0) is 11.3 Å². The molecule has 1 unspecified atom stereocenters. The lowest BCUT2D eigenvalue weighted by Gasteiger charge is -2.13. The molecule has 7 heteroatoms. The van der Waals surface area contributed by atoms with Crippen molar-refractivity contribution < 1.29 is 13.6 Å². The van der Waals surface area contributed by atoms with E-state index < -0.39 is 22.8 Å². The van der Waals surface area contributed by atoms with Gasteiger partial charge in [0.25, 0.3) is 0 Å². The molecular formula is C19H17F2N3OS. The van der Waals surface area contributed by atoms with Crippen LogP contribution < -0.4 is 5.32 Å². The molecule has 3 rings (SSSR count). The van der Waals surface area contributed by atoms with E-state index in [1.165, 1.54) is 11.8 Å². The van der Waals surface area contributed by atoms with Crippen molar-refractivity contribution in [3.63, 3.8) is 0 Å². The van der Waals surface area contributed by atoms with Gasteiger partial charge in [0.15, 0.2) is 5.16 Å². The lowest BCUT2D eigenvalue weighted by Crippen LogP contribution is -2.23. The number of para-hydroxylation sites is 2. The van der Waals surface area contributed by atoms with Gasteiger partial charge in [0.2, 0.25) is 5.91 Å². The molecule has 1 amide bonds. The number of carbonyl (C=O) groups is 1. The maximum Gasteiger partial charge on any atom is 0.237 e. The summed E-state index contributed by atoms with van der Waals surface area (Å²) in [5, 5.41) is 2.53. The van der Waals surface area contributed by atoms with Gasteiger partial charge in [0.05, 0.1) is 22.0 Å². The first kappa shape index (κ1) is 18.1. The largest absolute Gasteiger partial charge is 0.323 e. The van der Waals surface area contributed by atoms with Gasteiger partial charge in [-0.05, 0) is 31.2 Å². The summed E-state index contributed by atoms with van der Waals surface area (Å²) in [7, 11) is 0. The molecule has 1 N–H and O–H groups in total. The van der Waals surface area contributed by atoms with Crippen molar-refractivity contribution in [2.45, 2.75) is 23.9 Å². The molecule has 1 atom stereocenters. The zero-order chi connectivity index (χ0) is 18.7. The number of thioether (sulfide) groups is 1. The number of hydrogen-bond acceptors (Lipinski definition) is 3. The Morgan fingerprint density at radius 1 is 1.35 bits per heavy atom. The van der Waals surface area contributed by atoms with Gasteiger partial charge in [-0.15, -0.1) is 6.58 Å². The molecule has 2 aromatic carbocycles. The topological polar surface area (TPSA) is 46.9 Å². The summed E-state index contributed by atoms with van der Waals surface area (Å²) in [6.07, 6.45) is 1.76. The van der Waals surface area contributed by atoms with Crippen LogP contribution >= 0.6 is 11.8 Å². The van der Waals surface area contributed by atoms with Gasteiger partial charge < -0.3 is 9.88 Å². The molecule has 0 saturated carbocycles. The Morgan fingerprint density at radius 2 is 2.12 bits per heavy atom. The Morgan fingerprint density at radius 3 is 2.88 bits per heavy atom. The van der Waals surface area contributed by atoms with Gasteiger partial charge in [-0.25, -0.2) is 13.8 Å². The van der Waals surface area contributed by atoms with Crippen LogP contribution in [0, 0.1) is 11.6 Å². The van der Waals surface area contributed by atoms with Gasteiger partial charge in [0, 0.05) is 12.6 Å². The maximum absolute atomic E-state index is 13.7. The highest BCUT2D eigenvalue weighted by Crippen LogP contribution is 2.28. The minimum Gasteiger partial charge on any atom is -0.323 e. The summed E-state index contributed by atoms with van der Waals surface area (Å²) in [6, 6.07) is 10.6. The van der Waals surface area contributed by atoms with Crippen molar-refractivity contribution in [2.75, 3.05) is 5.32 Å². The molecule has 1 heterocycles. The summed E-state index contributed by atoms with van der Waals surface area (Å²) in [6.45, 7) is 6.00. The molecular weight excluding hydrogens is 356 g/mol. The number of allylic oxidation sites excluding steroid dienone is 1. The molecule has 0 fully saturated rings. The molecule has 1 aromatic heterocycles. The molecule has 0 aliphatic carbocycles. The molecule has 4 nitrogen and oxygen atoms in total. The summed E-state index contributed by atoms with van der Waals surface area (Å²) in [5.41, 5.74) is 1.58.